The molecule has 0 saturated heterocycles. The minimum Gasteiger partial charge on any atom is -0.498 e. The van der Waals surface area contributed by atoms with Crippen LogP contribution in [0.1, 0.15) is 149 Å². The first kappa shape index (κ1) is 52.5. The van der Waals surface area contributed by atoms with E-state index in [-0.39, 0.29) is 26.2 Å². The van der Waals surface area contributed by atoms with Gasteiger partial charge < -0.3 is 18.9 Å². The molecule has 55 heavy (non-hydrogen) atoms. The number of hydrogen-bond donors (Lipinski definition) is 1. The lowest BCUT2D eigenvalue weighted by Gasteiger charge is -2.24. The van der Waals surface area contributed by atoms with E-state index in [1.54, 1.807) is 6.26 Å². The summed E-state index contributed by atoms with van der Waals surface area (Å²) in [7, 11) is 1.58. The van der Waals surface area contributed by atoms with Crippen molar-refractivity contribution < 1.29 is 37.3 Å². The van der Waals surface area contributed by atoms with Gasteiger partial charge in [-0.1, -0.05) is 157 Å². The molecule has 1 N–H and O–H groups in total. The van der Waals surface area contributed by atoms with Crippen molar-refractivity contribution in [3.8, 4) is 0 Å². The maximum absolute atomic E-state index is 12.6. The average Bonchev–Trinajstić information content (AvgIpc) is 3.13. The molecular formula is C46H81NO7P+. The van der Waals surface area contributed by atoms with Crippen molar-refractivity contribution in [3.05, 3.63) is 85.3 Å². The number of quaternary nitrogens is 1. The summed E-state index contributed by atoms with van der Waals surface area (Å²) in [5, 5.41) is 0. The standard InChI is InChI=1S/C46H80NO7P/c1-6-8-10-12-14-16-18-20-22-23-24-25-26-27-29-31-33-35-37-39-46(48)54-45(44-53-55(49,50)52-42-40-47(3,4)5)43-51-41-38-36-34-32-30-28-21-19-17-15-13-11-9-7-2/h8,10,14,16,20,22,24-25,27,29,33,35,38,41,45H,6-7,9,11-13,15,17-19,21,23,26,28,30-32,34,36-37,39-40,42-44H2,1-5H3/p+1/b10-8-,16-14-,22-20-,25-24-,29-27-,35-33-,41-38-/t45-/m1/s1. The number of ether oxygens (including phenoxy) is 2. The summed E-state index contributed by atoms with van der Waals surface area (Å²) >= 11 is 0. The van der Waals surface area contributed by atoms with E-state index in [2.05, 4.69) is 74.6 Å². The van der Waals surface area contributed by atoms with Gasteiger partial charge in [0.2, 0.25) is 0 Å². The second-order valence-corrected chi connectivity index (χ2v) is 16.5. The van der Waals surface area contributed by atoms with Crippen LogP contribution in [0.4, 0.5) is 0 Å². The Morgan fingerprint density at radius 3 is 1.56 bits per heavy atom. The van der Waals surface area contributed by atoms with Crippen molar-refractivity contribution >= 4 is 13.8 Å². The lowest BCUT2D eigenvalue weighted by molar-refractivity contribution is -0.870. The van der Waals surface area contributed by atoms with Crippen LogP contribution < -0.4 is 0 Å². The molecule has 0 saturated carbocycles. The third-order valence-corrected chi connectivity index (χ3v) is 9.53. The van der Waals surface area contributed by atoms with Crippen LogP contribution >= 0.6 is 7.82 Å². The number of rotatable bonds is 38. The highest BCUT2D eigenvalue weighted by Gasteiger charge is 2.26. The summed E-state index contributed by atoms with van der Waals surface area (Å²) < 4.78 is 34.6. The van der Waals surface area contributed by atoms with Crippen LogP contribution in [0.15, 0.2) is 85.3 Å². The Morgan fingerprint density at radius 1 is 0.600 bits per heavy atom. The van der Waals surface area contributed by atoms with Crippen LogP contribution in [0.3, 0.4) is 0 Å². The SMILES string of the molecule is CC/C=C\C/C=C\C/C=C\C/C=C\C/C=C\C/C=C\CCC(=O)O[C@H](CO/C=C\CCCCCCCCCCCCCC)COP(=O)(O)OCC[N+](C)(C)C. The molecule has 2 atom stereocenters. The largest absolute Gasteiger partial charge is 0.498 e. The predicted molar refractivity (Wildman–Crippen MR) is 233 cm³/mol. The first-order valence-electron chi connectivity index (χ1n) is 21.4. The maximum atomic E-state index is 12.6. The fourth-order valence-electron chi connectivity index (χ4n) is 5.25. The van der Waals surface area contributed by atoms with Gasteiger partial charge in [0.05, 0.1) is 34.0 Å². The number of likely N-dealkylation sites (N-methyl/N-ethyl adjacent to an activating group) is 1. The van der Waals surface area contributed by atoms with Gasteiger partial charge in [0.15, 0.2) is 6.10 Å². The van der Waals surface area contributed by atoms with Gasteiger partial charge in [0.25, 0.3) is 0 Å². The minimum atomic E-state index is -4.31. The van der Waals surface area contributed by atoms with Gasteiger partial charge in [-0.05, 0) is 63.9 Å². The van der Waals surface area contributed by atoms with Crippen molar-refractivity contribution in [2.75, 3.05) is 47.5 Å². The molecule has 0 aromatic heterocycles. The molecule has 0 bridgehead atoms. The summed E-state index contributed by atoms with van der Waals surface area (Å²) in [6.45, 7) is 4.71. The molecule has 0 aromatic carbocycles. The molecule has 0 rings (SSSR count). The van der Waals surface area contributed by atoms with Crippen molar-refractivity contribution in [1.82, 2.24) is 0 Å². The van der Waals surface area contributed by atoms with Gasteiger partial charge in [-0.2, -0.15) is 0 Å². The van der Waals surface area contributed by atoms with Crippen molar-refractivity contribution in [3.63, 3.8) is 0 Å². The van der Waals surface area contributed by atoms with Crippen LogP contribution in [-0.4, -0.2) is 69.0 Å². The van der Waals surface area contributed by atoms with Crippen LogP contribution in [-0.2, 0) is 27.9 Å². The smallest absolute Gasteiger partial charge is 0.472 e. The van der Waals surface area contributed by atoms with E-state index in [0.717, 1.165) is 51.4 Å². The molecule has 0 radical (unpaired) electrons. The molecule has 316 valence electrons. The highest BCUT2D eigenvalue weighted by atomic mass is 31.2. The highest BCUT2D eigenvalue weighted by Crippen LogP contribution is 2.43. The number of carbonyl (C=O) groups is 1. The van der Waals surface area contributed by atoms with E-state index in [4.69, 9.17) is 18.5 Å². The highest BCUT2D eigenvalue weighted by molar-refractivity contribution is 7.47. The monoisotopic (exact) mass is 791 g/mol. The van der Waals surface area contributed by atoms with Gasteiger partial charge in [-0.25, -0.2) is 4.57 Å². The molecule has 8 nitrogen and oxygen atoms in total. The maximum Gasteiger partial charge on any atom is 0.472 e. The number of esters is 1. The van der Waals surface area contributed by atoms with E-state index < -0.39 is 19.9 Å². The second kappa shape index (κ2) is 38.4. The summed E-state index contributed by atoms with van der Waals surface area (Å²) in [5.74, 6) is -0.420. The number of unbranched alkanes of at least 4 members (excludes halogenated alkanes) is 12. The molecule has 9 heteroatoms. The van der Waals surface area contributed by atoms with E-state index >= 15 is 0 Å². The van der Waals surface area contributed by atoms with Crippen LogP contribution in [0.5, 0.6) is 0 Å². The number of carbonyl (C=O) groups excluding carboxylic acids is 1. The molecule has 0 heterocycles. The zero-order chi connectivity index (χ0) is 40.6. The molecule has 0 fully saturated rings. The molecule has 1 unspecified atom stereocenters. The number of phosphoric acid groups is 1. The predicted octanol–water partition coefficient (Wildman–Crippen LogP) is 12.8. The summed E-state index contributed by atoms with van der Waals surface area (Å²) in [6, 6.07) is 0. The summed E-state index contributed by atoms with van der Waals surface area (Å²) in [6.07, 6.45) is 51.5. The zero-order valence-electron chi connectivity index (χ0n) is 35.6. The normalized spacial score (nSPS) is 14.6. The molecule has 0 spiro atoms. The molecule has 0 amide bonds. The van der Waals surface area contributed by atoms with E-state index in [9.17, 15) is 14.3 Å². The lowest BCUT2D eigenvalue weighted by Crippen LogP contribution is -2.37. The fourth-order valence-corrected chi connectivity index (χ4v) is 5.99. The van der Waals surface area contributed by atoms with Gasteiger partial charge in [0.1, 0.15) is 19.8 Å². The van der Waals surface area contributed by atoms with Crippen LogP contribution in [0, 0.1) is 0 Å². The Balaban J connectivity index is 4.46. The number of hydrogen-bond acceptors (Lipinski definition) is 6. The summed E-state index contributed by atoms with van der Waals surface area (Å²) in [5.41, 5.74) is 0. The Morgan fingerprint density at radius 2 is 1.07 bits per heavy atom. The second-order valence-electron chi connectivity index (χ2n) is 15.1. The topological polar surface area (TPSA) is 91.3 Å². The Labute approximate surface area is 337 Å². The van der Waals surface area contributed by atoms with E-state index in [0.29, 0.717) is 17.4 Å². The third-order valence-electron chi connectivity index (χ3n) is 8.55. The molecule has 0 aliphatic rings. The number of allylic oxidation sites excluding steroid dienone is 13. The van der Waals surface area contributed by atoms with E-state index in [1.165, 1.54) is 70.6 Å². The molecule has 0 aliphatic heterocycles. The van der Waals surface area contributed by atoms with Gasteiger partial charge in [0, 0.05) is 6.42 Å². The van der Waals surface area contributed by atoms with Gasteiger partial charge in [-0.15, -0.1) is 0 Å². The molecule has 0 aliphatic carbocycles. The van der Waals surface area contributed by atoms with Crippen LogP contribution in [0.2, 0.25) is 0 Å². The van der Waals surface area contributed by atoms with Crippen LogP contribution in [0.25, 0.3) is 0 Å². The molecule has 0 aromatic rings. The third kappa shape index (κ3) is 42.5. The van der Waals surface area contributed by atoms with Gasteiger partial charge in [-0.3, -0.25) is 13.8 Å². The average molecular weight is 791 g/mol. The first-order valence-corrected chi connectivity index (χ1v) is 22.9. The van der Waals surface area contributed by atoms with Crippen molar-refractivity contribution in [1.29, 1.82) is 0 Å². The Bertz CT molecular complexity index is 1150. The number of phosphoric ester groups is 1. The lowest BCUT2D eigenvalue weighted by atomic mass is 10.0. The Hall–Kier alpha value is -2.48. The summed E-state index contributed by atoms with van der Waals surface area (Å²) in [4.78, 5) is 22.8. The minimum absolute atomic E-state index is 0.0134. The quantitative estimate of drug-likeness (QED) is 0.0166. The van der Waals surface area contributed by atoms with Gasteiger partial charge >= 0.3 is 13.8 Å². The Kier molecular flexibility index (Phi) is 36.7. The number of nitrogens with zero attached hydrogens (tertiary/aromatic N) is 1. The first-order chi connectivity index (χ1) is 26.6. The zero-order valence-corrected chi connectivity index (χ0v) is 36.5. The van der Waals surface area contributed by atoms with Crippen molar-refractivity contribution in [2.45, 2.75) is 155 Å². The van der Waals surface area contributed by atoms with Crippen molar-refractivity contribution in [2.24, 2.45) is 0 Å². The van der Waals surface area contributed by atoms with E-state index in [1.807, 2.05) is 39.4 Å². The molecular weight excluding hydrogens is 709 g/mol. The fraction of sp³-hybridized carbons (Fsp3) is 0.674.